The summed E-state index contributed by atoms with van der Waals surface area (Å²) in [6.45, 7) is 8.53. The molecule has 0 radical (unpaired) electrons. The molecule has 2 rings (SSSR count). The maximum Gasteiger partial charge on any atom is 0.241 e. The molecule has 1 aromatic rings. The van der Waals surface area contributed by atoms with Gasteiger partial charge in [-0.15, -0.1) is 6.58 Å². The highest BCUT2D eigenvalue weighted by Crippen LogP contribution is 2.14. The van der Waals surface area contributed by atoms with Crippen LogP contribution >= 0.6 is 0 Å². The summed E-state index contributed by atoms with van der Waals surface area (Å²) < 4.78 is 0. The summed E-state index contributed by atoms with van der Waals surface area (Å²) in [4.78, 5) is 20.4. The number of nitrogens with zero attached hydrogens (tertiary/aromatic N) is 3. The first-order valence-corrected chi connectivity index (χ1v) is 9.72. The van der Waals surface area contributed by atoms with Crippen LogP contribution in [0.15, 0.2) is 41.9 Å². The van der Waals surface area contributed by atoms with Gasteiger partial charge in [0.1, 0.15) is 0 Å². The van der Waals surface area contributed by atoms with E-state index >= 15 is 0 Å². The van der Waals surface area contributed by atoms with Crippen LogP contribution in [-0.2, 0) is 17.9 Å². The Morgan fingerprint density at radius 2 is 1.81 bits per heavy atom. The molecule has 0 spiro atoms. The van der Waals surface area contributed by atoms with E-state index in [9.17, 15) is 4.79 Å². The predicted octanol–water partition coefficient (Wildman–Crippen LogP) is 1.98. The lowest BCUT2D eigenvalue weighted by Gasteiger charge is -2.26. The molecule has 0 aliphatic carbocycles. The molecule has 27 heavy (non-hydrogen) atoms. The van der Waals surface area contributed by atoms with Crippen LogP contribution in [0, 0.1) is 0 Å². The van der Waals surface area contributed by atoms with Crippen molar-refractivity contribution >= 4 is 11.9 Å². The molecule has 0 saturated carbocycles. The maximum absolute atomic E-state index is 11.8. The van der Waals surface area contributed by atoms with E-state index in [1.54, 1.807) is 25.1 Å². The largest absolute Gasteiger partial charge is 0.353 e. The highest BCUT2D eigenvalue weighted by molar-refractivity contribution is 5.86. The van der Waals surface area contributed by atoms with Gasteiger partial charge in [0, 0.05) is 27.2 Å². The molecule has 148 valence electrons. The van der Waals surface area contributed by atoms with Crippen molar-refractivity contribution in [2.75, 3.05) is 40.3 Å². The quantitative estimate of drug-likeness (QED) is 0.417. The summed E-state index contributed by atoms with van der Waals surface area (Å²) in [5.41, 5.74) is 2.50. The fourth-order valence-corrected chi connectivity index (χ4v) is 2.96. The Morgan fingerprint density at radius 1 is 1.15 bits per heavy atom. The van der Waals surface area contributed by atoms with Gasteiger partial charge in [-0.05, 0) is 37.1 Å². The van der Waals surface area contributed by atoms with Gasteiger partial charge in [-0.25, -0.2) is 4.99 Å². The van der Waals surface area contributed by atoms with E-state index in [0.29, 0.717) is 19.0 Å². The van der Waals surface area contributed by atoms with Gasteiger partial charge >= 0.3 is 0 Å². The van der Waals surface area contributed by atoms with Crippen LogP contribution in [0.25, 0.3) is 0 Å². The SMILES string of the molecule is C=CCNC(=NCc1ccc(CN2CCCCC2)cc1)NCC(=O)N(C)C. The fraction of sp³-hybridized carbons (Fsp3) is 0.524. The van der Waals surface area contributed by atoms with Crippen LogP contribution in [0.5, 0.6) is 0 Å². The third-order valence-corrected chi connectivity index (χ3v) is 4.62. The molecule has 0 aromatic heterocycles. The molecule has 1 heterocycles. The zero-order valence-electron chi connectivity index (χ0n) is 16.7. The summed E-state index contributed by atoms with van der Waals surface area (Å²) in [7, 11) is 3.48. The van der Waals surface area contributed by atoms with E-state index in [1.165, 1.54) is 37.9 Å². The van der Waals surface area contributed by atoms with Crippen molar-refractivity contribution in [3.63, 3.8) is 0 Å². The van der Waals surface area contributed by atoms with Gasteiger partial charge in [0.05, 0.1) is 13.1 Å². The van der Waals surface area contributed by atoms with Crippen LogP contribution in [0.2, 0.25) is 0 Å². The predicted molar refractivity (Wildman–Crippen MR) is 112 cm³/mol. The fourth-order valence-electron chi connectivity index (χ4n) is 2.96. The Bertz CT molecular complexity index is 618. The summed E-state index contributed by atoms with van der Waals surface area (Å²) in [5.74, 6) is 0.618. The standard InChI is InChI=1S/C21H33N5O/c1-4-12-22-21(24-16-20(27)25(2)3)23-15-18-8-10-19(11-9-18)17-26-13-6-5-7-14-26/h4,8-11H,1,5-7,12-17H2,2-3H3,(H2,22,23,24). The summed E-state index contributed by atoms with van der Waals surface area (Å²) >= 11 is 0. The van der Waals surface area contributed by atoms with Crippen molar-refractivity contribution in [2.45, 2.75) is 32.4 Å². The van der Waals surface area contributed by atoms with E-state index in [-0.39, 0.29) is 12.5 Å². The first kappa shape index (κ1) is 21.0. The van der Waals surface area contributed by atoms with Gasteiger partial charge < -0.3 is 15.5 Å². The van der Waals surface area contributed by atoms with Crippen molar-refractivity contribution in [3.05, 3.63) is 48.0 Å². The number of likely N-dealkylation sites (N-methyl/N-ethyl adjacent to an activating group) is 1. The molecule has 1 saturated heterocycles. The number of benzene rings is 1. The summed E-state index contributed by atoms with van der Waals surface area (Å²) in [6.07, 6.45) is 5.76. The second-order valence-corrected chi connectivity index (χ2v) is 7.13. The zero-order chi connectivity index (χ0) is 19.5. The number of amides is 1. The monoisotopic (exact) mass is 371 g/mol. The number of piperidine rings is 1. The Balaban J connectivity index is 1.88. The number of rotatable bonds is 8. The number of aliphatic imine (C=N–C) groups is 1. The molecule has 1 aromatic carbocycles. The molecular formula is C21H33N5O. The minimum atomic E-state index is 0.00479. The highest BCUT2D eigenvalue weighted by atomic mass is 16.2. The van der Waals surface area contributed by atoms with Crippen molar-refractivity contribution in [1.29, 1.82) is 0 Å². The number of nitrogens with one attached hydrogen (secondary N) is 2. The Labute approximate surface area is 163 Å². The maximum atomic E-state index is 11.8. The van der Waals surface area contributed by atoms with Crippen molar-refractivity contribution in [1.82, 2.24) is 20.4 Å². The van der Waals surface area contributed by atoms with Gasteiger partial charge in [-0.3, -0.25) is 9.69 Å². The van der Waals surface area contributed by atoms with Crippen LogP contribution in [0.1, 0.15) is 30.4 Å². The second kappa shape index (κ2) is 11.4. The number of likely N-dealkylation sites (tertiary alicyclic amines) is 1. The van der Waals surface area contributed by atoms with E-state index in [2.05, 4.69) is 51.4 Å². The Hall–Kier alpha value is -2.34. The first-order chi connectivity index (χ1) is 13.1. The topological polar surface area (TPSA) is 60.0 Å². The molecule has 6 heteroatoms. The van der Waals surface area contributed by atoms with E-state index in [0.717, 1.165) is 12.1 Å². The van der Waals surface area contributed by atoms with E-state index in [4.69, 9.17) is 0 Å². The van der Waals surface area contributed by atoms with Crippen LogP contribution in [0.4, 0.5) is 0 Å². The smallest absolute Gasteiger partial charge is 0.241 e. The number of hydrogen-bond donors (Lipinski definition) is 2. The van der Waals surface area contributed by atoms with Gasteiger partial charge in [0.2, 0.25) is 5.91 Å². The lowest BCUT2D eigenvalue weighted by atomic mass is 10.1. The summed E-state index contributed by atoms with van der Waals surface area (Å²) in [5, 5.41) is 6.21. The summed E-state index contributed by atoms with van der Waals surface area (Å²) in [6, 6.07) is 8.66. The molecule has 1 aliphatic heterocycles. The van der Waals surface area contributed by atoms with Crippen LogP contribution < -0.4 is 10.6 Å². The zero-order valence-corrected chi connectivity index (χ0v) is 16.7. The Kier molecular flexibility index (Phi) is 8.84. The highest BCUT2D eigenvalue weighted by Gasteiger charge is 2.10. The number of hydrogen-bond acceptors (Lipinski definition) is 3. The molecule has 0 atom stereocenters. The normalized spacial score (nSPS) is 15.3. The Morgan fingerprint density at radius 3 is 2.44 bits per heavy atom. The van der Waals surface area contributed by atoms with Gasteiger partial charge in [-0.1, -0.05) is 36.8 Å². The molecule has 0 unspecified atom stereocenters. The molecule has 1 fully saturated rings. The average Bonchev–Trinajstić information content (AvgIpc) is 2.69. The molecule has 1 aliphatic rings. The van der Waals surface area contributed by atoms with Gasteiger partial charge in [0.15, 0.2) is 5.96 Å². The van der Waals surface area contributed by atoms with E-state index in [1.807, 2.05) is 0 Å². The van der Waals surface area contributed by atoms with Gasteiger partial charge in [-0.2, -0.15) is 0 Å². The molecule has 0 bridgehead atoms. The average molecular weight is 372 g/mol. The number of guanidine groups is 1. The van der Waals surface area contributed by atoms with Crippen LogP contribution in [-0.4, -0.2) is 61.9 Å². The lowest BCUT2D eigenvalue weighted by Crippen LogP contribution is -2.43. The first-order valence-electron chi connectivity index (χ1n) is 9.72. The molecular weight excluding hydrogens is 338 g/mol. The number of carbonyl (C=O) groups is 1. The molecule has 1 amide bonds. The third-order valence-electron chi connectivity index (χ3n) is 4.62. The lowest BCUT2D eigenvalue weighted by molar-refractivity contribution is -0.127. The van der Waals surface area contributed by atoms with Gasteiger partial charge in [0.25, 0.3) is 0 Å². The molecule has 2 N–H and O–H groups in total. The van der Waals surface area contributed by atoms with Crippen molar-refractivity contribution in [2.24, 2.45) is 4.99 Å². The van der Waals surface area contributed by atoms with Crippen LogP contribution in [0.3, 0.4) is 0 Å². The minimum Gasteiger partial charge on any atom is -0.353 e. The minimum absolute atomic E-state index is 0.00479. The molecule has 6 nitrogen and oxygen atoms in total. The van der Waals surface area contributed by atoms with Crippen molar-refractivity contribution in [3.8, 4) is 0 Å². The second-order valence-electron chi connectivity index (χ2n) is 7.13. The van der Waals surface area contributed by atoms with E-state index < -0.39 is 0 Å². The number of carbonyl (C=O) groups excluding carboxylic acids is 1. The van der Waals surface area contributed by atoms with Crippen molar-refractivity contribution < 1.29 is 4.79 Å². The third kappa shape index (κ3) is 7.83.